The lowest BCUT2D eigenvalue weighted by molar-refractivity contribution is -0.129. The molecule has 156 valence electrons. The van der Waals surface area contributed by atoms with Crippen LogP contribution in [0.1, 0.15) is 38.8 Å². The number of thiocarbonyl (C=S) groups is 1. The molecule has 7 heteroatoms. The third-order valence-electron chi connectivity index (χ3n) is 4.78. The van der Waals surface area contributed by atoms with Gasteiger partial charge >= 0.3 is 0 Å². The van der Waals surface area contributed by atoms with Crippen molar-refractivity contribution in [3.63, 3.8) is 0 Å². The minimum absolute atomic E-state index is 0.0509. The minimum Gasteiger partial charge on any atom is -0.324 e. The Morgan fingerprint density at radius 1 is 1.13 bits per heavy atom. The van der Waals surface area contributed by atoms with Gasteiger partial charge in [-0.3, -0.25) is 14.5 Å². The van der Waals surface area contributed by atoms with Crippen LogP contribution in [0.2, 0.25) is 0 Å². The zero-order chi connectivity index (χ0) is 22.1. The van der Waals surface area contributed by atoms with Gasteiger partial charge in [-0.05, 0) is 53.8 Å². The summed E-state index contributed by atoms with van der Waals surface area (Å²) in [5.41, 5.74) is 2.60. The Morgan fingerprint density at radius 2 is 1.73 bits per heavy atom. The number of benzene rings is 2. The molecule has 0 saturated carbocycles. The first kappa shape index (κ1) is 22.2. The van der Waals surface area contributed by atoms with Crippen molar-refractivity contribution in [2.24, 2.45) is 0 Å². The van der Waals surface area contributed by atoms with Crippen molar-refractivity contribution >= 4 is 51.9 Å². The average Bonchev–Trinajstić information content (AvgIpc) is 2.96. The van der Waals surface area contributed by atoms with Crippen LogP contribution in [-0.2, 0) is 15.0 Å². The molecule has 2 aromatic carbocycles. The topological polar surface area (TPSA) is 49.4 Å². The fourth-order valence-corrected chi connectivity index (χ4v) is 4.36. The molecule has 1 aliphatic rings. The summed E-state index contributed by atoms with van der Waals surface area (Å²) in [7, 11) is 0. The summed E-state index contributed by atoms with van der Waals surface area (Å²) in [4.78, 5) is 27.3. The Bertz CT molecular complexity index is 1010. The molecule has 1 saturated heterocycles. The van der Waals surface area contributed by atoms with Crippen LogP contribution in [0, 0.1) is 5.82 Å². The maximum absolute atomic E-state index is 13.0. The number of anilines is 1. The second-order valence-corrected chi connectivity index (χ2v) is 9.77. The molecular weight excluding hydrogens is 419 g/mol. The van der Waals surface area contributed by atoms with Crippen molar-refractivity contribution in [2.75, 3.05) is 5.32 Å². The van der Waals surface area contributed by atoms with Gasteiger partial charge in [0.15, 0.2) is 0 Å². The average molecular weight is 443 g/mol. The number of carbonyl (C=O) groups is 2. The van der Waals surface area contributed by atoms with Gasteiger partial charge in [-0.1, -0.05) is 69.0 Å². The molecule has 0 radical (unpaired) electrons. The van der Waals surface area contributed by atoms with Crippen molar-refractivity contribution in [1.82, 2.24) is 4.90 Å². The normalized spacial score (nSPS) is 16.8. The van der Waals surface area contributed by atoms with Crippen LogP contribution in [0.3, 0.4) is 0 Å². The van der Waals surface area contributed by atoms with E-state index in [2.05, 4.69) is 26.1 Å². The molecule has 1 heterocycles. The zero-order valence-electron chi connectivity index (χ0n) is 17.2. The molecule has 1 N–H and O–H groups in total. The van der Waals surface area contributed by atoms with E-state index in [-0.39, 0.29) is 11.3 Å². The molecule has 1 unspecified atom stereocenters. The van der Waals surface area contributed by atoms with E-state index in [1.165, 1.54) is 46.5 Å². The quantitative estimate of drug-likeness (QED) is 0.512. The van der Waals surface area contributed by atoms with Gasteiger partial charge in [0, 0.05) is 5.69 Å². The van der Waals surface area contributed by atoms with E-state index >= 15 is 0 Å². The van der Waals surface area contributed by atoms with Gasteiger partial charge in [-0.15, -0.1) is 0 Å². The first-order valence-electron chi connectivity index (χ1n) is 9.50. The number of halogens is 1. The van der Waals surface area contributed by atoms with Gasteiger partial charge in [0.25, 0.3) is 5.91 Å². The Morgan fingerprint density at radius 3 is 2.30 bits per heavy atom. The number of amides is 2. The molecule has 0 bridgehead atoms. The van der Waals surface area contributed by atoms with E-state index in [1.54, 1.807) is 13.0 Å². The first-order chi connectivity index (χ1) is 14.1. The molecule has 0 aliphatic carbocycles. The lowest BCUT2D eigenvalue weighted by Crippen LogP contribution is -2.44. The van der Waals surface area contributed by atoms with E-state index in [4.69, 9.17) is 12.2 Å². The molecule has 2 amide bonds. The molecular formula is C23H23FN2O2S2. The zero-order valence-corrected chi connectivity index (χ0v) is 18.9. The molecule has 1 fully saturated rings. The molecule has 0 spiro atoms. The van der Waals surface area contributed by atoms with E-state index < -0.39 is 17.8 Å². The lowest BCUT2D eigenvalue weighted by Gasteiger charge is -2.22. The molecule has 4 nitrogen and oxygen atoms in total. The van der Waals surface area contributed by atoms with Crippen molar-refractivity contribution < 1.29 is 14.0 Å². The summed E-state index contributed by atoms with van der Waals surface area (Å²) in [6.07, 6.45) is 1.79. The second-order valence-electron chi connectivity index (χ2n) is 8.10. The van der Waals surface area contributed by atoms with Crippen LogP contribution < -0.4 is 5.32 Å². The van der Waals surface area contributed by atoms with E-state index in [1.807, 2.05) is 24.3 Å². The molecule has 1 atom stereocenters. The Kier molecular flexibility index (Phi) is 6.43. The van der Waals surface area contributed by atoms with Crippen LogP contribution in [-0.4, -0.2) is 27.1 Å². The predicted octanol–water partition coefficient (Wildman–Crippen LogP) is 5.35. The number of hydrogen-bond acceptors (Lipinski definition) is 4. The molecule has 1 aliphatic heterocycles. The van der Waals surface area contributed by atoms with Crippen LogP contribution in [0.4, 0.5) is 10.1 Å². The Labute approximate surface area is 185 Å². The molecule has 3 rings (SSSR count). The number of hydrogen-bond donors (Lipinski definition) is 1. The van der Waals surface area contributed by atoms with Crippen molar-refractivity contribution in [3.8, 4) is 0 Å². The van der Waals surface area contributed by atoms with Crippen LogP contribution in [0.15, 0.2) is 53.4 Å². The highest BCUT2D eigenvalue weighted by molar-refractivity contribution is 8.26. The predicted molar refractivity (Wildman–Crippen MR) is 125 cm³/mol. The van der Waals surface area contributed by atoms with E-state index in [0.717, 1.165) is 5.56 Å². The van der Waals surface area contributed by atoms with Crippen molar-refractivity contribution in [2.45, 2.75) is 39.2 Å². The highest BCUT2D eigenvalue weighted by atomic mass is 32.2. The Hall–Kier alpha value is -2.51. The van der Waals surface area contributed by atoms with Gasteiger partial charge in [0.05, 0.1) is 4.91 Å². The minimum atomic E-state index is -0.795. The van der Waals surface area contributed by atoms with Crippen LogP contribution in [0.25, 0.3) is 6.08 Å². The fraction of sp³-hybridized carbons (Fsp3) is 0.261. The highest BCUT2D eigenvalue weighted by Crippen LogP contribution is 2.34. The van der Waals surface area contributed by atoms with Gasteiger partial charge < -0.3 is 5.32 Å². The number of carbonyl (C=O) groups excluding carboxylic acids is 2. The maximum atomic E-state index is 13.0. The third-order valence-corrected chi connectivity index (χ3v) is 6.11. The fourth-order valence-electron chi connectivity index (χ4n) is 2.94. The summed E-state index contributed by atoms with van der Waals surface area (Å²) < 4.78 is 13.4. The summed E-state index contributed by atoms with van der Waals surface area (Å²) in [5, 5.41) is 2.68. The molecule has 2 aromatic rings. The van der Waals surface area contributed by atoms with Crippen molar-refractivity contribution in [3.05, 3.63) is 70.4 Å². The number of nitrogens with zero attached hydrogens (tertiary/aromatic N) is 1. The summed E-state index contributed by atoms with van der Waals surface area (Å²) >= 11 is 6.53. The number of rotatable bonds is 4. The SMILES string of the molecule is CC(C(=O)Nc1ccc(F)cc1)N1C(=O)/C(=C/c2ccc(C(C)(C)C)cc2)SC1=S. The van der Waals surface area contributed by atoms with Crippen LogP contribution in [0.5, 0.6) is 0 Å². The second kappa shape index (κ2) is 8.70. The molecule has 30 heavy (non-hydrogen) atoms. The van der Waals surface area contributed by atoms with Gasteiger partial charge in [0.1, 0.15) is 16.2 Å². The highest BCUT2D eigenvalue weighted by Gasteiger charge is 2.38. The summed E-state index contributed by atoms with van der Waals surface area (Å²) in [6.45, 7) is 8.05. The standard InChI is InChI=1S/C23H23FN2O2S2/c1-14(20(27)25-18-11-9-17(24)10-12-18)26-21(28)19(30-22(26)29)13-15-5-7-16(8-6-15)23(2,3)4/h5-14H,1-4H3,(H,25,27)/b19-13-. The monoisotopic (exact) mass is 442 g/mol. The van der Waals surface area contributed by atoms with Gasteiger partial charge in [-0.25, -0.2) is 4.39 Å². The third kappa shape index (κ3) is 4.96. The smallest absolute Gasteiger partial charge is 0.266 e. The number of thioether (sulfide) groups is 1. The van der Waals surface area contributed by atoms with E-state index in [9.17, 15) is 14.0 Å². The Balaban J connectivity index is 1.74. The van der Waals surface area contributed by atoms with Gasteiger partial charge in [-0.2, -0.15) is 0 Å². The lowest BCUT2D eigenvalue weighted by atomic mass is 9.87. The maximum Gasteiger partial charge on any atom is 0.266 e. The first-order valence-corrected chi connectivity index (χ1v) is 10.7. The summed E-state index contributed by atoms with van der Waals surface area (Å²) in [6, 6.07) is 12.7. The van der Waals surface area contributed by atoms with Crippen LogP contribution >= 0.6 is 24.0 Å². The van der Waals surface area contributed by atoms with Crippen molar-refractivity contribution in [1.29, 1.82) is 0 Å². The molecule has 0 aromatic heterocycles. The van der Waals surface area contributed by atoms with Gasteiger partial charge in [0.2, 0.25) is 5.91 Å². The largest absolute Gasteiger partial charge is 0.324 e. The summed E-state index contributed by atoms with van der Waals surface area (Å²) in [5.74, 6) is -1.08. The number of nitrogens with one attached hydrogen (secondary N) is 1. The van der Waals surface area contributed by atoms with E-state index in [0.29, 0.717) is 14.9 Å².